The van der Waals surface area contributed by atoms with Gasteiger partial charge in [0.05, 0.1) is 29.8 Å². The molecule has 2 heterocycles. The smallest absolute Gasteiger partial charge is 0.319 e. The summed E-state index contributed by atoms with van der Waals surface area (Å²) < 4.78 is 5.08. The number of para-hydroxylation sites is 1. The molecule has 0 fully saturated rings. The average Bonchev–Trinajstić information content (AvgIpc) is 3.28. The highest BCUT2D eigenvalue weighted by molar-refractivity contribution is 7.10. The summed E-state index contributed by atoms with van der Waals surface area (Å²) in [6, 6.07) is 11.8. The number of hydrogen-bond acceptors (Lipinski definition) is 4. The number of halogens is 1. The molecular weight excluding hydrogens is 348 g/mol. The van der Waals surface area contributed by atoms with Crippen LogP contribution in [0.25, 0.3) is 0 Å². The van der Waals surface area contributed by atoms with Crippen molar-refractivity contribution in [1.82, 2.24) is 5.32 Å². The van der Waals surface area contributed by atoms with Crippen LogP contribution in [0.2, 0.25) is 5.02 Å². The summed E-state index contributed by atoms with van der Waals surface area (Å²) in [6.45, 7) is -0.0106. The maximum atomic E-state index is 12.1. The minimum Gasteiger partial charge on any atom is -0.472 e. The van der Waals surface area contributed by atoms with Crippen LogP contribution in [0.1, 0.15) is 10.4 Å². The number of furan rings is 1. The van der Waals surface area contributed by atoms with E-state index in [-0.39, 0.29) is 6.54 Å². The minimum atomic E-state index is -1.36. The number of hydrogen-bond donors (Lipinski definition) is 3. The summed E-state index contributed by atoms with van der Waals surface area (Å²) in [7, 11) is 0. The fourth-order valence-corrected chi connectivity index (χ4v) is 3.31. The number of urea groups is 1. The zero-order valence-corrected chi connectivity index (χ0v) is 14.1. The van der Waals surface area contributed by atoms with Crippen molar-refractivity contribution in [3.8, 4) is 0 Å². The van der Waals surface area contributed by atoms with Crippen LogP contribution in [0, 0.1) is 0 Å². The van der Waals surface area contributed by atoms with Gasteiger partial charge >= 0.3 is 6.03 Å². The van der Waals surface area contributed by atoms with Crippen molar-refractivity contribution in [3.05, 3.63) is 75.8 Å². The first kappa shape index (κ1) is 16.6. The Bertz CT molecular complexity index is 769. The second-order valence-electron chi connectivity index (χ2n) is 5.14. The molecular formula is C17H15ClN2O3S. The fourth-order valence-electron chi connectivity index (χ4n) is 2.28. The highest BCUT2D eigenvalue weighted by Gasteiger charge is 2.34. The molecule has 0 bridgehead atoms. The van der Waals surface area contributed by atoms with Crippen LogP contribution in [-0.4, -0.2) is 17.7 Å². The highest BCUT2D eigenvalue weighted by atomic mass is 35.5. The van der Waals surface area contributed by atoms with E-state index in [4.69, 9.17) is 16.0 Å². The lowest BCUT2D eigenvalue weighted by atomic mass is 9.94. The van der Waals surface area contributed by atoms with Gasteiger partial charge in [-0.05, 0) is 29.6 Å². The molecule has 0 radical (unpaired) electrons. The molecule has 0 aliphatic carbocycles. The summed E-state index contributed by atoms with van der Waals surface area (Å²) in [5.74, 6) is 0. The number of nitrogens with one attached hydrogen (secondary N) is 2. The van der Waals surface area contributed by atoms with Crippen molar-refractivity contribution in [2.24, 2.45) is 0 Å². The molecule has 0 aliphatic rings. The fraction of sp³-hybridized carbons (Fsp3) is 0.118. The predicted molar refractivity (Wildman–Crippen MR) is 94.5 cm³/mol. The molecule has 0 saturated carbocycles. The van der Waals surface area contributed by atoms with Gasteiger partial charge in [-0.2, -0.15) is 0 Å². The zero-order valence-electron chi connectivity index (χ0n) is 12.5. The summed E-state index contributed by atoms with van der Waals surface area (Å²) in [6.07, 6.45) is 2.95. The molecule has 0 spiro atoms. The Morgan fingerprint density at radius 1 is 1.25 bits per heavy atom. The van der Waals surface area contributed by atoms with Crippen molar-refractivity contribution < 1.29 is 14.3 Å². The summed E-state index contributed by atoms with van der Waals surface area (Å²) in [5.41, 5.74) is -0.290. The Morgan fingerprint density at radius 2 is 2.08 bits per heavy atom. The summed E-state index contributed by atoms with van der Waals surface area (Å²) in [5, 5.41) is 18.7. The molecule has 2 aromatic heterocycles. The molecule has 5 nitrogen and oxygen atoms in total. The number of carbonyl (C=O) groups excluding carboxylic acids is 1. The Labute approximate surface area is 147 Å². The maximum Gasteiger partial charge on any atom is 0.319 e. The zero-order chi connectivity index (χ0) is 17.0. The number of rotatable bonds is 5. The lowest BCUT2D eigenvalue weighted by Crippen LogP contribution is -2.42. The molecule has 1 aromatic carbocycles. The highest BCUT2D eigenvalue weighted by Crippen LogP contribution is 2.32. The van der Waals surface area contributed by atoms with Gasteiger partial charge in [0.15, 0.2) is 0 Å². The number of carbonyl (C=O) groups is 1. The number of benzene rings is 1. The van der Waals surface area contributed by atoms with Gasteiger partial charge in [0.1, 0.15) is 5.60 Å². The lowest BCUT2D eigenvalue weighted by Gasteiger charge is -2.26. The van der Waals surface area contributed by atoms with E-state index in [1.54, 1.807) is 30.3 Å². The first-order valence-electron chi connectivity index (χ1n) is 7.18. The van der Waals surface area contributed by atoms with Crippen LogP contribution < -0.4 is 10.6 Å². The number of amides is 2. The van der Waals surface area contributed by atoms with E-state index < -0.39 is 11.6 Å². The van der Waals surface area contributed by atoms with Crippen LogP contribution in [0.15, 0.2) is 64.8 Å². The van der Waals surface area contributed by atoms with Crippen molar-refractivity contribution in [3.63, 3.8) is 0 Å². The van der Waals surface area contributed by atoms with Crippen LogP contribution >= 0.6 is 22.9 Å². The van der Waals surface area contributed by atoms with E-state index in [1.165, 1.54) is 23.9 Å². The molecule has 7 heteroatoms. The second-order valence-corrected chi connectivity index (χ2v) is 6.49. The van der Waals surface area contributed by atoms with E-state index in [0.717, 1.165) is 0 Å². The molecule has 0 aliphatic heterocycles. The molecule has 124 valence electrons. The topological polar surface area (TPSA) is 74.5 Å². The van der Waals surface area contributed by atoms with Crippen LogP contribution in [0.4, 0.5) is 10.5 Å². The predicted octanol–water partition coefficient (Wildman–Crippen LogP) is 4.05. The molecule has 0 unspecified atom stereocenters. The average molecular weight is 363 g/mol. The Balaban J connectivity index is 1.73. The number of thiophene rings is 1. The van der Waals surface area contributed by atoms with Gasteiger partial charge < -0.3 is 20.2 Å². The normalized spacial score (nSPS) is 13.2. The first-order valence-corrected chi connectivity index (χ1v) is 8.44. The van der Waals surface area contributed by atoms with Gasteiger partial charge in [-0.15, -0.1) is 11.3 Å². The van der Waals surface area contributed by atoms with Gasteiger partial charge in [0.25, 0.3) is 0 Å². The lowest BCUT2D eigenvalue weighted by molar-refractivity contribution is 0.0859. The number of aliphatic hydroxyl groups is 1. The molecule has 3 N–H and O–H groups in total. The van der Waals surface area contributed by atoms with Crippen LogP contribution in [0.3, 0.4) is 0 Å². The van der Waals surface area contributed by atoms with Gasteiger partial charge in [0, 0.05) is 10.4 Å². The van der Waals surface area contributed by atoms with Crippen molar-refractivity contribution in [2.45, 2.75) is 5.60 Å². The standard InChI is InChI=1S/C17H15ClN2O3S/c18-13-4-1-2-5-14(13)20-16(21)19-11-17(22,12-7-8-23-10-12)15-6-3-9-24-15/h1-10,22H,11H2,(H2,19,20,21)/t17-/m1/s1. The van der Waals surface area contributed by atoms with Gasteiger partial charge in [-0.3, -0.25) is 0 Å². The van der Waals surface area contributed by atoms with Gasteiger partial charge in [-0.25, -0.2) is 4.79 Å². The van der Waals surface area contributed by atoms with E-state index in [0.29, 0.717) is 21.2 Å². The van der Waals surface area contributed by atoms with Gasteiger partial charge in [0.2, 0.25) is 0 Å². The summed E-state index contributed by atoms with van der Waals surface area (Å²) in [4.78, 5) is 12.8. The molecule has 0 saturated heterocycles. The molecule has 1 atom stereocenters. The molecule has 3 rings (SSSR count). The third-order valence-electron chi connectivity index (χ3n) is 3.55. The van der Waals surface area contributed by atoms with Crippen molar-refractivity contribution >= 4 is 34.7 Å². The summed E-state index contributed by atoms with van der Waals surface area (Å²) >= 11 is 7.42. The van der Waals surface area contributed by atoms with E-state index in [1.807, 2.05) is 17.5 Å². The Kier molecular flexibility index (Phi) is 4.89. The second kappa shape index (κ2) is 7.09. The van der Waals surface area contributed by atoms with Crippen molar-refractivity contribution in [1.29, 1.82) is 0 Å². The van der Waals surface area contributed by atoms with E-state index in [9.17, 15) is 9.90 Å². The maximum absolute atomic E-state index is 12.1. The first-order chi connectivity index (χ1) is 11.6. The molecule has 24 heavy (non-hydrogen) atoms. The van der Waals surface area contributed by atoms with Crippen molar-refractivity contribution in [2.75, 3.05) is 11.9 Å². The Hall–Kier alpha value is -2.28. The van der Waals surface area contributed by atoms with E-state index in [2.05, 4.69) is 10.6 Å². The largest absolute Gasteiger partial charge is 0.472 e. The monoisotopic (exact) mass is 362 g/mol. The van der Waals surface area contributed by atoms with Crippen LogP contribution in [0.5, 0.6) is 0 Å². The van der Waals surface area contributed by atoms with Crippen LogP contribution in [-0.2, 0) is 5.60 Å². The third-order valence-corrected chi connectivity index (χ3v) is 4.90. The third kappa shape index (κ3) is 3.46. The number of anilines is 1. The minimum absolute atomic E-state index is 0.0106. The molecule has 3 aromatic rings. The van der Waals surface area contributed by atoms with E-state index >= 15 is 0 Å². The SMILES string of the molecule is O=C(NC[C@@](O)(c1ccoc1)c1cccs1)Nc1ccccc1Cl. The quantitative estimate of drug-likeness (QED) is 0.641. The van der Waals surface area contributed by atoms with Gasteiger partial charge in [-0.1, -0.05) is 29.8 Å². The Morgan fingerprint density at radius 3 is 2.75 bits per heavy atom. The molecule has 2 amide bonds.